The molecule has 1 N–H and O–H groups in total. The van der Waals surface area contributed by atoms with Crippen LogP contribution in [0.15, 0.2) is 0 Å². The molecular weight excluding hydrogens is 196 g/mol. The number of carboxylic acids is 1. The molecule has 0 amide bonds. The van der Waals surface area contributed by atoms with Crippen molar-refractivity contribution >= 4 is 11.9 Å². The lowest BCUT2D eigenvalue weighted by molar-refractivity contribution is -0.149. The zero-order valence-corrected chi connectivity index (χ0v) is 9.61. The van der Waals surface area contributed by atoms with E-state index in [0.717, 1.165) is 0 Å². The molecule has 0 spiro atoms. The van der Waals surface area contributed by atoms with Crippen LogP contribution in [0.1, 0.15) is 27.7 Å². The Morgan fingerprint density at radius 3 is 2.20 bits per heavy atom. The van der Waals surface area contributed by atoms with Gasteiger partial charge in [-0.3, -0.25) is 9.59 Å². The molecule has 1 aliphatic rings. The third-order valence-corrected chi connectivity index (χ3v) is 2.91. The van der Waals surface area contributed by atoms with Crippen LogP contribution in [0, 0.1) is 23.2 Å². The zero-order chi connectivity index (χ0) is 11.8. The van der Waals surface area contributed by atoms with Gasteiger partial charge in [-0.25, -0.2) is 0 Å². The fourth-order valence-corrected chi connectivity index (χ4v) is 1.88. The first-order valence-electron chi connectivity index (χ1n) is 5.18. The van der Waals surface area contributed by atoms with E-state index in [-0.39, 0.29) is 11.9 Å². The topological polar surface area (TPSA) is 63.6 Å². The second-order valence-electron chi connectivity index (χ2n) is 5.14. The van der Waals surface area contributed by atoms with Crippen molar-refractivity contribution in [3.8, 4) is 0 Å². The molecule has 4 heteroatoms. The second-order valence-corrected chi connectivity index (χ2v) is 5.14. The molecule has 15 heavy (non-hydrogen) atoms. The Hall–Kier alpha value is -1.06. The van der Waals surface area contributed by atoms with Crippen LogP contribution in [0.3, 0.4) is 0 Å². The van der Waals surface area contributed by atoms with Gasteiger partial charge < -0.3 is 9.84 Å². The lowest BCUT2D eigenvalue weighted by Crippen LogP contribution is -2.15. The van der Waals surface area contributed by atoms with E-state index in [0.29, 0.717) is 6.61 Å². The molecule has 86 valence electrons. The average molecular weight is 214 g/mol. The molecule has 1 saturated carbocycles. The predicted octanol–water partition coefficient (Wildman–Crippen LogP) is 1.54. The van der Waals surface area contributed by atoms with E-state index >= 15 is 0 Å². The molecule has 2 atom stereocenters. The number of rotatable bonds is 4. The highest BCUT2D eigenvalue weighted by Crippen LogP contribution is 2.58. The molecule has 4 nitrogen and oxygen atoms in total. The standard InChI is InChI=1S/C11H18O4/c1-6(2)5-15-10(14)8-7(9(12)13)11(8,3)4/h6-8H,5H2,1-4H3,(H,12,13). The van der Waals surface area contributed by atoms with Crippen LogP contribution in [0.5, 0.6) is 0 Å². The van der Waals surface area contributed by atoms with Gasteiger partial charge in [-0.2, -0.15) is 0 Å². The van der Waals surface area contributed by atoms with Crippen LogP contribution in [-0.4, -0.2) is 23.7 Å². The summed E-state index contributed by atoms with van der Waals surface area (Å²) in [6.07, 6.45) is 0. The van der Waals surface area contributed by atoms with Crippen LogP contribution in [0.4, 0.5) is 0 Å². The maximum absolute atomic E-state index is 11.6. The summed E-state index contributed by atoms with van der Waals surface area (Å²) in [7, 11) is 0. The summed E-state index contributed by atoms with van der Waals surface area (Å²) in [4.78, 5) is 22.4. The number of ether oxygens (including phenoxy) is 1. The van der Waals surface area contributed by atoms with Crippen molar-refractivity contribution in [1.82, 2.24) is 0 Å². The molecule has 0 aromatic rings. The molecule has 0 bridgehead atoms. The van der Waals surface area contributed by atoms with Gasteiger partial charge in [0.05, 0.1) is 18.4 Å². The number of carbonyl (C=O) groups excluding carboxylic acids is 1. The van der Waals surface area contributed by atoms with E-state index in [1.807, 2.05) is 13.8 Å². The highest BCUT2D eigenvalue weighted by atomic mass is 16.5. The van der Waals surface area contributed by atoms with Crippen molar-refractivity contribution in [3.05, 3.63) is 0 Å². The maximum atomic E-state index is 11.6. The van der Waals surface area contributed by atoms with Crippen LogP contribution in [-0.2, 0) is 14.3 Å². The van der Waals surface area contributed by atoms with Crippen LogP contribution in [0.25, 0.3) is 0 Å². The molecule has 1 aliphatic carbocycles. The van der Waals surface area contributed by atoms with Gasteiger partial charge in [0.25, 0.3) is 0 Å². The number of carboxylic acid groups (broad SMARTS) is 1. The van der Waals surface area contributed by atoms with Gasteiger partial charge in [0.1, 0.15) is 0 Å². The van der Waals surface area contributed by atoms with E-state index in [2.05, 4.69) is 0 Å². The smallest absolute Gasteiger partial charge is 0.310 e. The first-order valence-corrected chi connectivity index (χ1v) is 5.18. The second kappa shape index (κ2) is 3.83. The van der Waals surface area contributed by atoms with Gasteiger partial charge in [0.2, 0.25) is 0 Å². The van der Waals surface area contributed by atoms with Crippen molar-refractivity contribution in [1.29, 1.82) is 0 Å². The molecule has 0 radical (unpaired) electrons. The normalized spacial score (nSPS) is 27.5. The quantitative estimate of drug-likeness (QED) is 0.721. The summed E-state index contributed by atoms with van der Waals surface area (Å²) in [6, 6.07) is 0. The summed E-state index contributed by atoms with van der Waals surface area (Å²) in [6.45, 7) is 7.82. The molecule has 1 fully saturated rings. The Balaban J connectivity index is 2.53. The predicted molar refractivity (Wildman–Crippen MR) is 54.2 cm³/mol. The van der Waals surface area contributed by atoms with E-state index in [1.54, 1.807) is 13.8 Å². The largest absolute Gasteiger partial charge is 0.481 e. The van der Waals surface area contributed by atoms with Gasteiger partial charge in [0, 0.05) is 0 Å². The summed E-state index contributed by atoms with van der Waals surface area (Å²) < 4.78 is 5.04. The van der Waals surface area contributed by atoms with Crippen molar-refractivity contribution in [3.63, 3.8) is 0 Å². The summed E-state index contributed by atoms with van der Waals surface area (Å²) >= 11 is 0. The number of hydrogen-bond acceptors (Lipinski definition) is 3. The van der Waals surface area contributed by atoms with Gasteiger partial charge >= 0.3 is 11.9 Å². The monoisotopic (exact) mass is 214 g/mol. The number of esters is 1. The molecular formula is C11H18O4. The molecule has 0 heterocycles. The Labute approximate surface area is 89.6 Å². The van der Waals surface area contributed by atoms with Crippen molar-refractivity contribution < 1.29 is 19.4 Å². The average Bonchev–Trinajstić information content (AvgIpc) is 2.65. The fraction of sp³-hybridized carbons (Fsp3) is 0.818. The number of aliphatic carboxylic acids is 1. The first-order chi connectivity index (χ1) is 6.78. The minimum Gasteiger partial charge on any atom is -0.481 e. The number of carbonyl (C=O) groups is 2. The van der Waals surface area contributed by atoms with E-state index in [1.165, 1.54) is 0 Å². The summed E-state index contributed by atoms with van der Waals surface area (Å²) in [5, 5.41) is 8.88. The zero-order valence-electron chi connectivity index (χ0n) is 9.61. The highest BCUT2D eigenvalue weighted by molar-refractivity contribution is 5.88. The van der Waals surface area contributed by atoms with Gasteiger partial charge in [-0.1, -0.05) is 27.7 Å². The van der Waals surface area contributed by atoms with Crippen molar-refractivity contribution in [2.75, 3.05) is 6.61 Å². The fourth-order valence-electron chi connectivity index (χ4n) is 1.88. The Kier molecular flexibility index (Phi) is 3.07. The summed E-state index contributed by atoms with van der Waals surface area (Å²) in [5.41, 5.74) is -0.458. The van der Waals surface area contributed by atoms with Crippen LogP contribution >= 0.6 is 0 Å². The first kappa shape index (κ1) is 12.0. The Bertz CT molecular complexity index is 280. The molecule has 1 rings (SSSR count). The van der Waals surface area contributed by atoms with Crippen molar-refractivity contribution in [2.45, 2.75) is 27.7 Å². The van der Waals surface area contributed by atoms with E-state index < -0.39 is 23.2 Å². The van der Waals surface area contributed by atoms with Gasteiger partial charge in [-0.05, 0) is 11.3 Å². The Morgan fingerprint density at radius 1 is 1.33 bits per heavy atom. The van der Waals surface area contributed by atoms with E-state index in [4.69, 9.17) is 9.84 Å². The lowest BCUT2D eigenvalue weighted by Gasteiger charge is -2.07. The van der Waals surface area contributed by atoms with Crippen LogP contribution in [0.2, 0.25) is 0 Å². The van der Waals surface area contributed by atoms with Gasteiger partial charge in [0.15, 0.2) is 0 Å². The lowest BCUT2D eigenvalue weighted by atomic mass is 10.1. The number of hydrogen-bond donors (Lipinski definition) is 1. The van der Waals surface area contributed by atoms with Crippen molar-refractivity contribution in [2.24, 2.45) is 23.2 Å². The van der Waals surface area contributed by atoms with Gasteiger partial charge in [-0.15, -0.1) is 0 Å². The maximum Gasteiger partial charge on any atom is 0.310 e. The molecule has 0 aliphatic heterocycles. The molecule has 0 saturated heterocycles. The minimum atomic E-state index is -0.911. The van der Waals surface area contributed by atoms with Crippen LogP contribution < -0.4 is 0 Å². The van der Waals surface area contributed by atoms with E-state index in [9.17, 15) is 9.59 Å². The third kappa shape index (κ3) is 2.30. The molecule has 0 aromatic carbocycles. The SMILES string of the molecule is CC(C)COC(=O)C1C(C(=O)O)C1(C)C. The third-order valence-electron chi connectivity index (χ3n) is 2.91. The minimum absolute atomic E-state index is 0.277. The highest BCUT2D eigenvalue weighted by Gasteiger charge is 2.66. The Morgan fingerprint density at radius 2 is 1.87 bits per heavy atom. The molecule has 0 aromatic heterocycles. The summed E-state index contributed by atoms with van der Waals surface area (Å²) in [5.74, 6) is -2.07. The molecule has 2 unspecified atom stereocenters.